The number of carbonyl (C=O) groups excluding carboxylic acids is 1. The van der Waals surface area contributed by atoms with E-state index in [1.54, 1.807) is 0 Å². The third kappa shape index (κ3) is 3.47. The van der Waals surface area contributed by atoms with Crippen molar-refractivity contribution in [3.63, 3.8) is 0 Å². The van der Waals surface area contributed by atoms with Crippen LogP contribution in [0.4, 0.5) is 0 Å². The van der Waals surface area contributed by atoms with Crippen LogP contribution in [0.15, 0.2) is 0 Å². The Kier molecular flexibility index (Phi) is 4.54. The van der Waals surface area contributed by atoms with E-state index >= 15 is 0 Å². The van der Waals surface area contributed by atoms with Crippen LogP contribution in [0.3, 0.4) is 0 Å². The summed E-state index contributed by atoms with van der Waals surface area (Å²) in [6, 6.07) is 0. The molecule has 0 aromatic rings. The van der Waals surface area contributed by atoms with Crippen LogP contribution in [0.5, 0.6) is 0 Å². The van der Waals surface area contributed by atoms with Gasteiger partial charge in [-0.25, -0.2) is 0 Å². The summed E-state index contributed by atoms with van der Waals surface area (Å²) in [6.45, 7) is 5.61. The van der Waals surface area contributed by atoms with E-state index in [0.29, 0.717) is 0 Å². The van der Waals surface area contributed by atoms with E-state index in [0.717, 1.165) is 32.4 Å². The van der Waals surface area contributed by atoms with Gasteiger partial charge in [-0.1, -0.05) is 6.92 Å². The summed E-state index contributed by atoms with van der Waals surface area (Å²) in [6.07, 6.45) is 2.75. The Bertz CT molecular complexity index is 209. The lowest BCUT2D eigenvalue weighted by molar-refractivity contribution is -0.127. The van der Waals surface area contributed by atoms with Crippen LogP contribution in [-0.4, -0.2) is 36.2 Å². The van der Waals surface area contributed by atoms with Crippen molar-refractivity contribution in [1.29, 1.82) is 0 Å². The molecule has 2 atom stereocenters. The van der Waals surface area contributed by atoms with Crippen molar-refractivity contribution < 1.29 is 9.90 Å². The first-order valence-electron chi connectivity index (χ1n) is 5.75. The zero-order valence-electron chi connectivity index (χ0n) is 9.68. The molecule has 4 heteroatoms. The molecule has 0 saturated carbocycles. The molecule has 15 heavy (non-hydrogen) atoms. The molecule has 0 aliphatic carbocycles. The zero-order valence-corrected chi connectivity index (χ0v) is 9.68. The van der Waals surface area contributed by atoms with Crippen molar-refractivity contribution in [3.8, 4) is 0 Å². The minimum Gasteiger partial charge on any atom is -0.394 e. The topological polar surface area (TPSA) is 61.4 Å². The molecule has 0 aromatic carbocycles. The molecule has 88 valence electrons. The van der Waals surface area contributed by atoms with Gasteiger partial charge in [-0.15, -0.1) is 0 Å². The molecule has 1 aliphatic heterocycles. The third-order valence-corrected chi connectivity index (χ3v) is 3.22. The van der Waals surface area contributed by atoms with Crippen LogP contribution in [0.2, 0.25) is 0 Å². The number of carbonyl (C=O) groups is 1. The molecule has 1 fully saturated rings. The normalized spacial score (nSPS) is 25.7. The standard InChI is InChI=1S/C11H22N2O2/c1-3-11(2,8-14)13-10(15)9-5-4-6-12-7-9/h9,12,14H,3-8H2,1-2H3,(H,13,15). The molecule has 1 rings (SSSR count). The van der Waals surface area contributed by atoms with Gasteiger partial charge in [0, 0.05) is 6.54 Å². The summed E-state index contributed by atoms with van der Waals surface area (Å²) in [4.78, 5) is 11.9. The highest BCUT2D eigenvalue weighted by atomic mass is 16.3. The maximum atomic E-state index is 11.9. The van der Waals surface area contributed by atoms with E-state index in [1.165, 1.54) is 0 Å². The number of rotatable bonds is 4. The van der Waals surface area contributed by atoms with Crippen LogP contribution in [0, 0.1) is 5.92 Å². The fourth-order valence-corrected chi connectivity index (χ4v) is 1.71. The van der Waals surface area contributed by atoms with Crippen LogP contribution < -0.4 is 10.6 Å². The minimum absolute atomic E-state index is 0.00457. The SMILES string of the molecule is CCC(C)(CO)NC(=O)C1CCCNC1. The number of piperidine rings is 1. The number of hydrogen-bond donors (Lipinski definition) is 3. The molecule has 1 amide bonds. The highest BCUT2D eigenvalue weighted by molar-refractivity contribution is 5.79. The molecule has 1 saturated heterocycles. The molecule has 2 unspecified atom stereocenters. The van der Waals surface area contributed by atoms with Gasteiger partial charge in [0.15, 0.2) is 0 Å². The molecule has 0 bridgehead atoms. The number of nitrogens with one attached hydrogen (secondary N) is 2. The average molecular weight is 214 g/mol. The summed E-state index contributed by atoms with van der Waals surface area (Å²) in [5.41, 5.74) is -0.464. The molecular weight excluding hydrogens is 192 g/mol. The lowest BCUT2D eigenvalue weighted by atomic mass is 9.95. The highest BCUT2D eigenvalue weighted by Gasteiger charge is 2.28. The van der Waals surface area contributed by atoms with Gasteiger partial charge < -0.3 is 15.7 Å². The molecule has 3 N–H and O–H groups in total. The van der Waals surface area contributed by atoms with Gasteiger partial charge >= 0.3 is 0 Å². The van der Waals surface area contributed by atoms with Gasteiger partial charge in [0.1, 0.15) is 0 Å². The second-order valence-corrected chi connectivity index (χ2v) is 4.60. The predicted molar refractivity (Wildman–Crippen MR) is 59.5 cm³/mol. The van der Waals surface area contributed by atoms with E-state index < -0.39 is 5.54 Å². The summed E-state index contributed by atoms with van der Waals surface area (Å²) in [5.74, 6) is 0.136. The molecule has 4 nitrogen and oxygen atoms in total. The van der Waals surface area contributed by atoms with E-state index in [2.05, 4.69) is 10.6 Å². The van der Waals surface area contributed by atoms with Gasteiger partial charge in [-0.2, -0.15) is 0 Å². The summed E-state index contributed by atoms with van der Waals surface area (Å²) < 4.78 is 0. The fourth-order valence-electron chi connectivity index (χ4n) is 1.71. The van der Waals surface area contributed by atoms with Gasteiger partial charge in [0.2, 0.25) is 5.91 Å². The molecule has 0 radical (unpaired) electrons. The molecule has 0 aromatic heterocycles. The number of aliphatic hydroxyl groups excluding tert-OH is 1. The van der Waals surface area contributed by atoms with Crippen LogP contribution in [0.25, 0.3) is 0 Å². The van der Waals surface area contributed by atoms with Crippen molar-refractivity contribution in [2.45, 2.75) is 38.6 Å². The second-order valence-electron chi connectivity index (χ2n) is 4.60. The van der Waals surface area contributed by atoms with Crippen molar-refractivity contribution >= 4 is 5.91 Å². The van der Waals surface area contributed by atoms with Gasteiger partial charge in [-0.05, 0) is 32.7 Å². The Morgan fingerprint density at radius 2 is 2.40 bits per heavy atom. The quantitative estimate of drug-likeness (QED) is 0.629. The van der Waals surface area contributed by atoms with E-state index in [-0.39, 0.29) is 18.4 Å². The Morgan fingerprint density at radius 1 is 1.67 bits per heavy atom. The smallest absolute Gasteiger partial charge is 0.224 e. The molecular formula is C11H22N2O2. The highest BCUT2D eigenvalue weighted by Crippen LogP contribution is 2.14. The van der Waals surface area contributed by atoms with Crippen LogP contribution in [0.1, 0.15) is 33.1 Å². The predicted octanol–water partition coefficient (Wildman–Crippen LogP) is 0.263. The first-order valence-corrected chi connectivity index (χ1v) is 5.75. The first-order chi connectivity index (χ1) is 7.11. The summed E-state index contributed by atoms with van der Waals surface area (Å²) >= 11 is 0. The minimum atomic E-state index is -0.464. The average Bonchev–Trinajstić information content (AvgIpc) is 2.30. The zero-order chi connectivity index (χ0) is 11.3. The van der Waals surface area contributed by atoms with E-state index in [9.17, 15) is 9.90 Å². The Labute approximate surface area is 91.4 Å². The lowest BCUT2D eigenvalue weighted by Crippen LogP contribution is -2.52. The van der Waals surface area contributed by atoms with Crippen LogP contribution >= 0.6 is 0 Å². The van der Waals surface area contributed by atoms with Gasteiger partial charge in [-0.3, -0.25) is 4.79 Å². The van der Waals surface area contributed by atoms with Crippen molar-refractivity contribution in [3.05, 3.63) is 0 Å². The summed E-state index contributed by atoms with van der Waals surface area (Å²) in [7, 11) is 0. The molecule has 1 aliphatic rings. The van der Waals surface area contributed by atoms with Gasteiger partial charge in [0.25, 0.3) is 0 Å². The lowest BCUT2D eigenvalue weighted by Gasteiger charge is -2.31. The maximum absolute atomic E-state index is 11.9. The monoisotopic (exact) mass is 214 g/mol. The number of amides is 1. The van der Waals surface area contributed by atoms with Gasteiger partial charge in [0.05, 0.1) is 18.1 Å². The number of aliphatic hydroxyl groups is 1. The van der Waals surface area contributed by atoms with Crippen molar-refractivity contribution in [1.82, 2.24) is 10.6 Å². The largest absolute Gasteiger partial charge is 0.394 e. The van der Waals surface area contributed by atoms with Crippen LogP contribution in [-0.2, 0) is 4.79 Å². The Hall–Kier alpha value is -0.610. The summed E-state index contributed by atoms with van der Waals surface area (Å²) in [5, 5.41) is 15.3. The Balaban J connectivity index is 2.46. The fraction of sp³-hybridized carbons (Fsp3) is 0.909. The first kappa shape index (κ1) is 12.5. The molecule has 1 heterocycles. The number of hydrogen-bond acceptors (Lipinski definition) is 3. The molecule has 0 spiro atoms. The third-order valence-electron chi connectivity index (χ3n) is 3.22. The second kappa shape index (κ2) is 5.47. The van der Waals surface area contributed by atoms with Crippen molar-refractivity contribution in [2.24, 2.45) is 5.92 Å². The Morgan fingerprint density at radius 3 is 2.87 bits per heavy atom. The van der Waals surface area contributed by atoms with Crippen molar-refractivity contribution in [2.75, 3.05) is 19.7 Å². The van der Waals surface area contributed by atoms with E-state index in [4.69, 9.17) is 0 Å². The maximum Gasteiger partial charge on any atom is 0.224 e. The van der Waals surface area contributed by atoms with E-state index in [1.807, 2.05) is 13.8 Å².